The van der Waals surface area contributed by atoms with Crippen LogP contribution in [0.15, 0.2) is 5.70 Å². The van der Waals surface area contributed by atoms with Crippen LogP contribution in [0, 0.1) is 0 Å². The number of likely N-dealkylation sites (N-methyl/N-ethyl adjacent to an activating group) is 1. The highest BCUT2D eigenvalue weighted by atomic mass is 16.5. The Morgan fingerprint density at radius 3 is 2.62 bits per heavy atom. The van der Waals surface area contributed by atoms with Gasteiger partial charge in [0.2, 0.25) is 0 Å². The van der Waals surface area contributed by atoms with Crippen molar-refractivity contribution in [3.05, 3.63) is 5.70 Å². The molecule has 0 bridgehead atoms. The van der Waals surface area contributed by atoms with E-state index < -0.39 is 18.0 Å². The Labute approximate surface area is 74.1 Å². The molecular formula is C7H8N2O4. The number of carbonyl (C=O) groups is 2. The van der Waals surface area contributed by atoms with Gasteiger partial charge < -0.3 is 4.74 Å². The fourth-order valence-corrected chi connectivity index (χ4v) is 0.962. The highest BCUT2D eigenvalue weighted by Crippen LogP contribution is 2.09. The van der Waals surface area contributed by atoms with Gasteiger partial charge in [0.05, 0.1) is 0 Å². The number of methoxy groups -OCH3 is 1. The fourth-order valence-electron chi connectivity index (χ4n) is 0.962. The van der Waals surface area contributed by atoms with Crippen molar-refractivity contribution in [3.63, 3.8) is 0 Å². The lowest BCUT2D eigenvalue weighted by atomic mass is 10.2. The molecule has 13 heavy (non-hydrogen) atoms. The minimum absolute atomic E-state index is 0.185. The molecule has 1 aliphatic rings. The minimum Gasteiger partial charge on any atom is -0.365 e. The van der Waals surface area contributed by atoms with Crippen molar-refractivity contribution in [1.82, 2.24) is 10.2 Å². The van der Waals surface area contributed by atoms with Crippen molar-refractivity contribution >= 4 is 17.9 Å². The molecule has 1 aliphatic heterocycles. The van der Waals surface area contributed by atoms with E-state index in [9.17, 15) is 14.4 Å². The second-order valence-electron chi connectivity index (χ2n) is 2.46. The summed E-state index contributed by atoms with van der Waals surface area (Å²) >= 11 is 0. The molecule has 6 heteroatoms. The fraction of sp³-hybridized carbons (Fsp3) is 0.429. The molecular weight excluding hydrogens is 176 g/mol. The normalized spacial score (nSPS) is 22.8. The van der Waals surface area contributed by atoms with E-state index in [4.69, 9.17) is 4.74 Å². The Morgan fingerprint density at radius 1 is 1.54 bits per heavy atom. The molecule has 0 aromatic carbocycles. The summed E-state index contributed by atoms with van der Waals surface area (Å²) in [5, 5.41) is 2.18. The molecule has 1 N–H and O–H groups in total. The van der Waals surface area contributed by atoms with Crippen LogP contribution in [-0.4, -0.2) is 43.0 Å². The molecule has 1 heterocycles. The van der Waals surface area contributed by atoms with Crippen LogP contribution in [0.2, 0.25) is 0 Å². The highest BCUT2D eigenvalue weighted by molar-refractivity contribution is 6.03. The third kappa shape index (κ3) is 1.44. The summed E-state index contributed by atoms with van der Waals surface area (Å²) in [6.07, 6.45) is -1.06. The second-order valence-corrected chi connectivity index (χ2v) is 2.46. The number of ether oxygens (including phenoxy) is 1. The Hall–Kier alpha value is -1.65. The smallest absolute Gasteiger partial charge is 0.328 e. The predicted octanol–water partition coefficient (Wildman–Crippen LogP) is -1.10. The molecule has 0 spiro atoms. The quantitative estimate of drug-likeness (QED) is 0.525. The SMILES string of the molecule is COC1C(=O)N(C)C(=O)NC1=C=O. The van der Waals surface area contributed by atoms with Gasteiger partial charge in [-0.25, -0.2) is 9.59 Å². The van der Waals surface area contributed by atoms with E-state index in [-0.39, 0.29) is 5.70 Å². The molecule has 6 nitrogen and oxygen atoms in total. The molecule has 0 saturated carbocycles. The Morgan fingerprint density at radius 2 is 2.15 bits per heavy atom. The van der Waals surface area contributed by atoms with Gasteiger partial charge in [-0.3, -0.25) is 15.0 Å². The van der Waals surface area contributed by atoms with E-state index in [2.05, 4.69) is 5.32 Å². The van der Waals surface area contributed by atoms with Gasteiger partial charge in [0.15, 0.2) is 6.10 Å². The zero-order valence-electron chi connectivity index (χ0n) is 7.16. The van der Waals surface area contributed by atoms with Crippen LogP contribution in [0.1, 0.15) is 0 Å². The third-order valence-electron chi connectivity index (χ3n) is 1.71. The summed E-state index contributed by atoms with van der Waals surface area (Å²) in [4.78, 5) is 33.4. The van der Waals surface area contributed by atoms with Gasteiger partial charge in [0, 0.05) is 14.2 Å². The maximum absolute atomic E-state index is 11.3. The summed E-state index contributed by atoms with van der Waals surface area (Å²) in [6, 6.07) is -0.656. The van der Waals surface area contributed by atoms with Crippen molar-refractivity contribution in [3.8, 4) is 0 Å². The second kappa shape index (κ2) is 3.38. The van der Waals surface area contributed by atoms with Crippen molar-refractivity contribution in [2.24, 2.45) is 0 Å². The number of imide groups is 1. The summed E-state index contributed by atoms with van der Waals surface area (Å²) in [6.45, 7) is 0. The van der Waals surface area contributed by atoms with E-state index in [1.165, 1.54) is 20.1 Å². The summed E-state index contributed by atoms with van der Waals surface area (Å²) in [7, 11) is 2.57. The number of carbonyl (C=O) groups excluding carboxylic acids is 3. The van der Waals surface area contributed by atoms with E-state index in [0.717, 1.165) is 4.90 Å². The van der Waals surface area contributed by atoms with Crippen LogP contribution >= 0.6 is 0 Å². The predicted molar refractivity (Wildman–Crippen MR) is 41.3 cm³/mol. The van der Waals surface area contributed by atoms with Gasteiger partial charge in [-0.1, -0.05) is 0 Å². The van der Waals surface area contributed by atoms with Crippen LogP contribution in [0.5, 0.6) is 0 Å². The summed E-state index contributed by atoms with van der Waals surface area (Å²) in [5.41, 5.74) is -0.185. The highest BCUT2D eigenvalue weighted by Gasteiger charge is 2.36. The van der Waals surface area contributed by atoms with Crippen LogP contribution < -0.4 is 5.32 Å². The first-order valence-electron chi connectivity index (χ1n) is 3.48. The third-order valence-corrected chi connectivity index (χ3v) is 1.71. The summed E-state index contributed by atoms with van der Waals surface area (Å²) < 4.78 is 4.72. The lowest BCUT2D eigenvalue weighted by Gasteiger charge is -2.27. The molecule has 1 rings (SSSR count). The Bertz CT molecular complexity index is 306. The average Bonchev–Trinajstić information content (AvgIpc) is 2.13. The first-order valence-corrected chi connectivity index (χ1v) is 3.48. The molecule has 0 radical (unpaired) electrons. The topological polar surface area (TPSA) is 75.7 Å². The zero-order valence-corrected chi connectivity index (χ0v) is 7.16. The maximum Gasteiger partial charge on any atom is 0.328 e. The van der Waals surface area contributed by atoms with Crippen LogP contribution in [0.4, 0.5) is 4.79 Å². The number of nitrogens with zero attached hydrogens (tertiary/aromatic N) is 1. The molecule has 1 unspecified atom stereocenters. The largest absolute Gasteiger partial charge is 0.365 e. The number of amides is 3. The molecule has 70 valence electrons. The minimum atomic E-state index is -1.06. The van der Waals surface area contributed by atoms with Crippen LogP contribution in [0.25, 0.3) is 0 Å². The molecule has 0 aromatic heterocycles. The maximum atomic E-state index is 11.3. The van der Waals surface area contributed by atoms with Gasteiger partial charge in [0.25, 0.3) is 5.91 Å². The van der Waals surface area contributed by atoms with Crippen molar-refractivity contribution in [2.45, 2.75) is 6.10 Å². The van der Waals surface area contributed by atoms with E-state index in [1.54, 1.807) is 0 Å². The lowest BCUT2D eigenvalue weighted by Crippen LogP contribution is -2.54. The molecule has 1 fully saturated rings. The van der Waals surface area contributed by atoms with Crippen molar-refractivity contribution < 1.29 is 19.1 Å². The van der Waals surface area contributed by atoms with Gasteiger partial charge in [-0.2, -0.15) is 0 Å². The van der Waals surface area contributed by atoms with Gasteiger partial charge >= 0.3 is 6.03 Å². The average molecular weight is 184 g/mol. The molecule has 1 atom stereocenters. The molecule has 0 aromatic rings. The van der Waals surface area contributed by atoms with E-state index in [1.807, 2.05) is 0 Å². The zero-order chi connectivity index (χ0) is 10.0. The summed E-state index contributed by atoms with van der Waals surface area (Å²) in [5.74, 6) is 0.869. The lowest BCUT2D eigenvalue weighted by molar-refractivity contribution is -0.137. The number of hydrogen-bond acceptors (Lipinski definition) is 4. The van der Waals surface area contributed by atoms with E-state index in [0.29, 0.717) is 0 Å². The Balaban J connectivity index is 3.01. The van der Waals surface area contributed by atoms with Crippen molar-refractivity contribution in [1.29, 1.82) is 0 Å². The van der Waals surface area contributed by atoms with Crippen LogP contribution in [-0.2, 0) is 14.3 Å². The molecule has 0 aliphatic carbocycles. The first kappa shape index (κ1) is 9.44. The Kier molecular flexibility index (Phi) is 2.46. The van der Waals surface area contributed by atoms with Gasteiger partial charge in [-0.05, 0) is 0 Å². The monoisotopic (exact) mass is 184 g/mol. The van der Waals surface area contributed by atoms with Gasteiger partial charge in [-0.15, -0.1) is 0 Å². The standard InChI is InChI=1S/C7H8N2O4/c1-9-6(11)5(13-2)4(3-10)8-7(9)12/h5H,1-2H3,(H,8,12). The van der Waals surface area contributed by atoms with Crippen molar-refractivity contribution in [2.75, 3.05) is 14.2 Å². The number of urea groups is 1. The number of nitrogens with one attached hydrogen (secondary N) is 1. The first-order chi connectivity index (χ1) is 6.11. The number of rotatable bonds is 1. The molecule has 1 saturated heterocycles. The van der Waals surface area contributed by atoms with Gasteiger partial charge in [0.1, 0.15) is 11.6 Å². The van der Waals surface area contributed by atoms with E-state index >= 15 is 0 Å². The molecule has 3 amide bonds. The van der Waals surface area contributed by atoms with Crippen LogP contribution in [0.3, 0.4) is 0 Å². The number of hydrogen-bond donors (Lipinski definition) is 1.